The van der Waals surface area contributed by atoms with Crippen molar-refractivity contribution in [3.8, 4) is 5.75 Å². The Hall–Kier alpha value is -2.55. The van der Waals surface area contributed by atoms with E-state index in [1.54, 1.807) is 25.3 Å². The van der Waals surface area contributed by atoms with E-state index in [1.165, 1.54) is 0 Å². The molecule has 3 rings (SSSR count). The number of amidine groups is 1. The number of hydrogen-bond donors (Lipinski definition) is 2. The molecule has 1 aliphatic rings. The molecule has 1 atom stereocenters. The number of nitrogens with one attached hydrogen (secondary N) is 2. The molecule has 0 aromatic heterocycles. The lowest BCUT2D eigenvalue weighted by molar-refractivity contribution is -0.122. The molecule has 1 heterocycles. The van der Waals surface area contributed by atoms with Crippen molar-refractivity contribution in [1.29, 1.82) is 0 Å². The summed E-state index contributed by atoms with van der Waals surface area (Å²) in [5.74, 6) is 0.0889. The number of hydrogen-bond acceptors (Lipinski definition) is 6. The minimum absolute atomic E-state index is 0.0421. The predicted molar refractivity (Wildman–Crippen MR) is 122 cm³/mol. The lowest BCUT2D eigenvalue weighted by Gasteiger charge is -2.09. The number of benzene rings is 2. The van der Waals surface area contributed by atoms with Gasteiger partial charge >= 0.3 is 0 Å². The van der Waals surface area contributed by atoms with Crippen LogP contribution in [0, 0.1) is 0 Å². The molecule has 2 N–H and O–H groups in total. The topological polar surface area (TPSA) is 92.2 Å². The van der Waals surface area contributed by atoms with Crippen LogP contribution in [0.5, 0.6) is 5.75 Å². The van der Waals surface area contributed by atoms with E-state index in [0.29, 0.717) is 26.6 Å². The van der Waals surface area contributed by atoms with Crippen molar-refractivity contribution in [2.24, 2.45) is 10.2 Å². The highest BCUT2D eigenvalue weighted by molar-refractivity contribution is 8.15. The lowest BCUT2D eigenvalue weighted by atomic mass is 10.1. The molecule has 156 valence electrons. The number of carbonyl (C=O) groups excluding carboxylic acids is 2. The zero-order chi connectivity index (χ0) is 21.7. The van der Waals surface area contributed by atoms with Gasteiger partial charge in [0.25, 0.3) is 0 Å². The molecule has 0 spiro atoms. The smallest absolute Gasteiger partial charge is 0.240 e. The van der Waals surface area contributed by atoms with Crippen LogP contribution in [0.2, 0.25) is 10.0 Å². The summed E-state index contributed by atoms with van der Waals surface area (Å²) >= 11 is 13.1. The van der Waals surface area contributed by atoms with Gasteiger partial charge in [0.2, 0.25) is 11.8 Å². The van der Waals surface area contributed by atoms with Crippen molar-refractivity contribution in [2.45, 2.75) is 18.6 Å². The molecule has 10 heteroatoms. The second-order valence-corrected chi connectivity index (χ2v) is 8.33. The molecule has 30 heavy (non-hydrogen) atoms. The summed E-state index contributed by atoms with van der Waals surface area (Å²) in [5.41, 5.74) is 1.95. The zero-order valence-corrected chi connectivity index (χ0v) is 18.4. The van der Waals surface area contributed by atoms with Gasteiger partial charge in [0.1, 0.15) is 11.0 Å². The average molecular weight is 465 g/mol. The van der Waals surface area contributed by atoms with E-state index in [2.05, 4.69) is 20.8 Å². The van der Waals surface area contributed by atoms with Crippen molar-refractivity contribution in [2.75, 3.05) is 12.4 Å². The van der Waals surface area contributed by atoms with E-state index >= 15 is 0 Å². The number of thioether (sulfide) groups is 1. The van der Waals surface area contributed by atoms with Gasteiger partial charge in [-0.15, -0.1) is 5.10 Å². The van der Waals surface area contributed by atoms with Crippen LogP contribution >= 0.6 is 35.0 Å². The second-order valence-electron chi connectivity index (χ2n) is 6.29. The molecule has 2 aromatic carbocycles. The quantitative estimate of drug-likeness (QED) is 0.491. The Kier molecular flexibility index (Phi) is 7.36. The average Bonchev–Trinajstić information content (AvgIpc) is 3.08. The largest absolute Gasteiger partial charge is 0.497 e. The van der Waals surface area contributed by atoms with Crippen molar-refractivity contribution < 1.29 is 14.3 Å². The monoisotopic (exact) mass is 464 g/mol. The molecule has 0 radical (unpaired) electrons. The van der Waals surface area contributed by atoms with Crippen LogP contribution in [0.3, 0.4) is 0 Å². The molecule has 7 nitrogen and oxygen atoms in total. The highest BCUT2D eigenvalue weighted by atomic mass is 35.5. The predicted octanol–water partition coefficient (Wildman–Crippen LogP) is 4.34. The molecule has 2 amide bonds. The van der Waals surface area contributed by atoms with Crippen LogP contribution in [0.4, 0.5) is 5.69 Å². The lowest BCUT2D eigenvalue weighted by Crippen LogP contribution is -2.28. The van der Waals surface area contributed by atoms with Gasteiger partial charge in [-0.1, -0.05) is 35.0 Å². The Labute approximate surface area is 187 Å². The number of methoxy groups -OCH3 is 1. The van der Waals surface area contributed by atoms with Crippen LogP contribution in [-0.4, -0.2) is 35.1 Å². The van der Waals surface area contributed by atoms with Gasteiger partial charge in [0, 0.05) is 11.4 Å². The molecule has 0 aliphatic carbocycles. The summed E-state index contributed by atoms with van der Waals surface area (Å²) in [6.07, 6.45) is -0.0421. The van der Waals surface area contributed by atoms with Crippen LogP contribution in [0.25, 0.3) is 0 Å². The fourth-order valence-corrected chi connectivity index (χ4v) is 3.81. The normalized spacial score (nSPS) is 17.7. The van der Waals surface area contributed by atoms with Gasteiger partial charge in [-0.2, -0.15) is 5.10 Å². The molecule has 1 saturated heterocycles. The maximum atomic E-state index is 12.3. The standard InChI is InChI=1S/C20H18Cl2N4O3S/c1-11(12-3-6-14(29-2)7-4-12)25-26-20-24-19(28)17(30-20)10-18(27)23-16-9-13(21)5-8-15(16)22/h3-9,17H,10H2,1-2H3,(H,23,27)(H,24,26,28)/t17-/m0/s1. The first-order chi connectivity index (χ1) is 14.4. The highest BCUT2D eigenvalue weighted by Gasteiger charge is 2.32. The SMILES string of the molecule is COc1ccc(C(C)=NN=C2NC(=O)[C@H](CC(=O)Nc3cc(Cl)ccc3Cl)S2)cc1. The third kappa shape index (κ3) is 5.75. The molecular formula is C20H18Cl2N4O3S. The summed E-state index contributed by atoms with van der Waals surface area (Å²) in [5, 5.41) is 14.1. The molecule has 2 aromatic rings. The Balaban J connectivity index is 1.61. The minimum atomic E-state index is -0.613. The van der Waals surface area contributed by atoms with Gasteiger partial charge in [0.05, 0.1) is 23.5 Å². The van der Waals surface area contributed by atoms with Crippen molar-refractivity contribution >= 4 is 63.3 Å². The molecule has 0 bridgehead atoms. The minimum Gasteiger partial charge on any atom is -0.497 e. The van der Waals surface area contributed by atoms with Crippen LogP contribution in [0.15, 0.2) is 52.7 Å². The summed E-state index contributed by atoms with van der Waals surface area (Å²) < 4.78 is 5.13. The Bertz CT molecular complexity index is 1030. The first-order valence-electron chi connectivity index (χ1n) is 8.85. The van der Waals surface area contributed by atoms with Crippen molar-refractivity contribution in [1.82, 2.24) is 5.32 Å². The van der Waals surface area contributed by atoms with E-state index in [0.717, 1.165) is 23.1 Å². The summed E-state index contributed by atoms with van der Waals surface area (Å²) in [6, 6.07) is 12.1. The molecular weight excluding hydrogens is 447 g/mol. The number of nitrogens with zero attached hydrogens (tertiary/aromatic N) is 2. The fourth-order valence-electron chi connectivity index (χ4n) is 2.56. The number of amides is 2. The van der Waals surface area contributed by atoms with Crippen LogP contribution in [-0.2, 0) is 9.59 Å². The Morgan fingerprint density at radius 1 is 1.23 bits per heavy atom. The van der Waals surface area contributed by atoms with E-state index in [9.17, 15) is 9.59 Å². The van der Waals surface area contributed by atoms with Gasteiger partial charge < -0.3 is 15.4 Å². The van der Waals surface area contributed by atoms with Gasteiger partial charge in [0.15, 0.2) is 5.17 Å². The van der Waals surface area contributed by atoms with Crippen molar-refractivity contribution in [3.63, 3.8) is 0 Å². The summed E-state index contributed by atoms with van der Waals surface area (Å²) in [7, 11) is 1.60. The van der Waals surface area contributed by atoms with Gasteiger partial charge in [-0.05, 0) is 55.0 Å². The first kappa shape index (κ1) is 22.1. The third-order valence-electron chi connectivity index (χ3n) is 4.15. The van der Waals surface area contributed by atoms with Crippen molar-refractivity contribution in [3.05, 3.63) is 58.1 Å². The van der Waals surface area contributed by atoms with Crippen LogP contribution < -0.4 is 15.4 Å². The highest BCUT2D eigenvalue weighted by Crippen LogP contribution is 2.27. The fraction of sp³-hybridized carbons (Fsp3) is 0.200. The number of ether oxygens (including phenoxy) is 1. The van der Waals surface area contributed by atoms with E-state index in [-0.39, 0.29) is 18.2 Å². The number of halogens is 2. The first-order valence-corrected chi connectivity index (χ1v) is 10.5. The Morgan fingerprint density at radius 2 is 1.97 bits per heavy atom. The van der Waals surface area contributed by atoms with Crippen LogP contribution in [0.1, 0.15) is 18.9 Å². The number of anilines is 1. The number of rotatable bonds is 6. The third-order valence-corrected chi connectivity index (χ3v) is 5.79. The van der Waals surface area contributed by atoms with E-state index in [4.69, 9.17) is 27.9 Å². The Morgan fingerprint density at radius 3 is 2.67 bits per heavy atom. The van der Waals surface area contributed by atoms with Gasteiger partial charge in [-0.3, -0.25) is 9.59 Å². The maximum absolute atomic E-state index is 12.3. The molecule has 1 aliphatic heterocycles. The summed E-state index contributed by atoms with van der Waals surface area (Å²) in [6.45, 7) is 1.81. The molecule has 0 unspecified atom stereocenters. The molecule has 1 fully saturated rings. The zero-order valence-electron chi connectivity index (χ0n) is 16.1. The maximum Gasteiger partial charge on any atom is 0.240 e. The summed E-state index contributed by atoms with van der Waals surface area (Å²) in [4.78, 5) is 24.5. The molecule has 0 saturated carbocycles. The van der Waals surface area contributed by atoms with Gasteiger partial charge in [-0.25, -0.2) is 0 Å². The van der Waals surface area contributed by atoms with E-state index < -0.39 is 5.25 Å². The second kappa shape index (κ2) is 9.97. The van der Waals surface area contributed by atoms with E-state index in [1.807, 2.05) is 31.2 Å². The number of carbonyl (C=O) groups is 2.